The number of nitrogens with one attached hydrogen (secondary N) is 2. The molecular weight excluding hydrogens is 614 g/mol. The van der Waals surface area contributed by atoms with Crippen LogP contribution < -0.4 is 10.9 Å². The van der Waals surface area contributed by atoms with E-state index in [0.717, 1.165) is 38.0 Å². The van der Waals surface area contributed by atoms with E-state index in [1.54, 1.807) is 24.3 Å². The Bertz CT molecular complexity index is 1510. The van der Waals surface area contributed by atoms with Crippen molar-refractivity contribution in [2.75, 3.05) is 6.61 Å². The zero-order chi connectivity index (χ0) is 30.2. The van der Waals surface area contributed by atoms with Crippen molar-refractivity contribution in [2.45, 2.75) is 44.1 Å². The maximum absolute atomic E-state index is 14.1. The zero-order valence-corrected chi connectivity index (χ0v) is 25.0. The predicted octanol–water partition coefficient (Wildman–Crippen LogP) is 4.20. The first-order chi connectivity index (χ1) is 20.8. The van der Waals surface area contributed by atoms with Crippen LogP contribution in [0.3, 0.4) is 0 Å². The van der Waals surface area contributed by atoms with Crippen LogP contribution in [0, 0.1) is 11.8 Å². The second-order valence-corrected chi connectivity index (χ2v) is 12.0. The number of amides is 4. The molecule has 1 fully saturated rings. The number of hydrogen-bond acceptors (Lipinski definition) is 6. The van der Waals surface area contributed by atoms with E-state index >= 15 is 0 Å². The lowest BCUT2D eigenvalue weighted by Crippen LogP contribution is -2.48. The summed E-state index contributed by atoms with van der Waals surface area (Å²) in [6.07, 6.45) is 1.54. The number of rotatable bonds is 8. The fourth-order valence-corrected chi connectivity index (χ4v) is 7.09. The van der Waals surface area contributed by atoms with Crippen molar-refractivity contribution in [3.05, 3.63) is 105 Å². The number of likely N-dealkylation sites (tertiary alicyclic amines) is 1. The monoisotopic (exact) mass is 643 g/mol. The smallest absolute Gasteiger partial charge is 0.329 e. The summed E-state index contributed by atoms with van der Waals surface area (Å²) >= 11 is 3.29. The van der Waals surface area contributed by atoms with Crippen molar-refractivity contribution in [2.24, 2.45) is 11.8 Å². The van der Waals surface area contributed by atoms with Crippen LogP contribution >= 0.6 is 15.9 Å². The molecule has 0 aromatic heterocycles. The number of hydrogen-bond donors (Lipinski definition) is 2. The molecule has 2 bridgehead atoms. The summed E-state index contributed by atoms with van der Waals surface area (Å²) in [5, 5.41) is 0. The van der Waals surface area contributed by atoms with Gasteiger partial charge in [-0.15, -0.1) is 0 Å². The minimum atomic E-state index is -1.15. The zero-order valence-electron chi connectivity index (χ0n) is 23.4. The Hall–Kier alpha value is -4.31. The average molecular weight is 645 g/mol. The molecule has 1 saturated heterocycles. The molecule has 7 rings (SSSR count). The van der Waals surface area contributed by atoms with Gasteiger partial charge in [-0.1, -0.05) is 84.2 Å². The molecule has 0 spiro atoms. The molecule has 0 saturated carbocycles. The third kappa shape index (κ3) is 5.03. The number of ether oxygens (including phenoxy) is 1. The van der Waals surface area contributed by atoms with E-state index < -0.39 is 42.3 Å². The highest BCUT2D eigenvalue weighted by atomic mass is 79.9. The molecule has 220 valence electrons. The first kappa shape index (κ1) is 28.8. The number of imide groups is 1. The molecule has 43 heavy (non-hydrogen) atoms. The lowest BCUT2D eigenvalue weighted by molar-refractivity contribution is -0.161. The van der Waals surface area contributed by atoms with E-state index in [1.807, 2.05) is 55.5 Å². The number of halogens is 1. The minimum absolute atomic E-state index is 0.226. The summed E-state index contributed by atoms with van der Waals surface area (Å²) in [4.78, 5) is 67.4. The lowest BCUT2D eigenvalue weighted by atomic mass is 9.55. The van der Waals surface area contributed by atoms with Gasteiger partial charge in [0.15, 0.2) is 6.61 Å². The third-order valence-electron chi connectivity index (χ3n) is 8.66. The van der Waals surface area contributed by atoms with E-state index in [9.17, 15) is 24.0 Å². The summed E-state index contributed by atoms with van der Waals surface area (Å²) in [5.41, 5.74) is 9.01. The quantitative estimate of drug-likeness (QED) is 0.216. The largest absolute Gasteiger partial charge is 0.454 e. The number of esters is 1. The second-order valence-electron chi connectivity index (χ2n) is 11.1. The Morgan fingerprint density at radius 1 is 0.814 bits per heavy atom. The minimum Gasteiger partial charge on any atom is -0.454 e. The van der Waals surface area contributed by atoms with Crippen LogP contribution in [0.5, 0.6) is 0 Å². The second kappa shape index (κ2) is 11.8. The summed E-state index contributed by atoms with van der Waals surface area (Å²) in [6.45, 7) is 1.26. The number of carbonyl (C=O) groups is 5. The van der Waals surface area contributed by atoms with Crippen LogP contribution in [-0.2, 0) is 23.9 Å². The van der Waals surface area contributed by atoms with Gasteiger partial charge in [-0.25, -0.2) is 4.79 Å². The fourth-order valence-electron chi connectivity index (χ4n) is 6.83. The van der Waals surface area contributed by atoms with E-state index in [1.165, 1.54) is 0 Å². The lowest BCUT2D eigenvalue weighted by Gasteiger charge is -2.45. The van der Waals surface area contributed by atoms with Gasteiger partial charge in [-0.3, -0.25) is 34.9 Å². The van der Waals surface area contributed by atoms with Crippen LogP contribution in [0.2, 0.25) is 0 Å². The molecule has 1 aliphatic heterocycles. The summed E-state index contributed by atoms with van der Waals surface area (Å²) in [5.74, 6) is -4.68. The van der Waals surface area contributed by atoms with Crippen LogP contribution in [0.4, 0.5) is 0 Å². The van der Waals surface area contributed by atoms with Gasteiger partial charge < -0.3 is 4.74 Å². The van der Waals surface area contributed by atoms with Crippen LogP contribution in [0.1, 0.15) is 70.6 Å². The number of hydrazine groups is 1. The Balaban J connectivity index is 1.19. The van der Waals surface area contributed by atoms with E-state index in [0.29, 0.717) is 12.0 Å². The molecule has 4 aliphatic rings. The van der Waals surface area contributed by atoms with Gasteiger partial charge in [0.25, 0.3) is 11.8 Å². The van der Waals surface area contributed by atoms with Gasteiger partial charge in [-0.2, -0.15) is 0 Å². The highest BCUT2D eigenvalue weighted by Gasteiger charge is 2.63. The maximum Gasteiger partial charge on any atom is 0.329 e. The first-order valence-corrected chi connectivity index (χ1v) is 15.2. The van der Waals surface area contributed by atoms with Crippen molar-refractivity contribution in [1.29, 1.82) is 0 Å². The predicted molar refractivity (Wildman–Crippen MR) is 159 cm³/mol. The Labute approximate surface area is 257 Å². The molecule has 0 radical (unpaired) electrons. The normalized spacial score (nSPS) is 21.9. The molecular formula is C33H30BrN3O6. The van der Waals surface area contributed by atoms with Gasteiger partial charge in [0.05, 0.1) is 11.8 Å². The van der Waals surface area contributed by atoms with Crippen molar-refractivity contribution < 1.29 is 28.7 Å². The fraction of sp³-hybridized carbons (Fsp3) is 0.303. The number of unbranched alkanes of at least 4 members (excludes halogenated alkanes) is 1. The summed E-state index contributed by atoms with van der Waals surface area (Å²) in [7, 11) is 0. The molecule has 9 nitrogen and oxygen atoms in total. The van der Waals surface area contributed by atoms with Gasteiger partial charge in [-0.05, 0) is 52.9 Å². The highest BCUT2D eigenvalue weighted by molar-refractivity contribution is 9.10. The first-order valence-electron chi connectivity index (χ1n) is 14.4. The molecule has 3 aliphatic carbocycles. The number of nitrogens with zero attached hydrogens (tertiary/aromatic N) is 1. The SMILES string of the molecule is CCCC[C@H](C(=O)OCC(=O)NNC(=O)c1ccc(Br)cc1)N1C(=O)[C@@H]2C3c4ccccc4C(c4ccccc43)[C@H]2C1=O. The molecule has 2 N–H and O–H groups in total. The van der Waals surface area contributed by atoms with Crippen LogP contribution in [0.25, 0.3) is 0 Å². The number of carbonyl (C=O) groups excluding carboxylic acids is 5. The molecule has 1 heterocycles. The Kier molecular flexibility index (Phi) is 7.87. The Morgan fingerprint density at radius 3 is 1.81 bits per heavy atom. The summed E-state index contributed by atoms with van der Waals surface area (Å²) in [6, 6.07) is 21.3. The molecule has 10 heteroatoms. The topological polar surface area (TPSA) is 122 Å². The van der Waals surface area contributed by atoms with Gasteiger partial charge >= 0.3 is 5.97 Å². The summed E-state index contributed by atoms with van der Waals surface area (Å²) < 4.78 is 6.12. The van der Waals surface area contributed by atoms with Crippen LogP contribution in [0.15, 0.2) is 77.3 Å². The van der Waals surface area contributed by atoms with E-state index in [-0.39, 0.29) is 30.1 Å². The standard InChI is InChI=1S/C33H30BrN3O6/c1-2-3-12-24(33(42)43-17-25(38)35-36-30(39)18-13-15-19(34)16-14-18)37-31(40)28-26-20-8-4-5-9-21(20)27(29(28)32(37)41)23-11-7-6-10-22(23)26/h4-11,13-16,24,26-29H,2-3,12,17H2,1H3,(H,35,38)(H,36,39)/t24-,26?,27?,28-,29-/m1/s1. The van der Waals surface area contributed by atoms with E-state index in [4.69, 9.17) is 4.74 Å². The molecule has 3 aromatic carbocycles. The Morgan fingerprint density at radius 2 is 1.33 bits per heavy atom. The van der Waals surface area contributed by atoms with Crippen molar-refractivity contribution in [1.82, 2.24) is 15.8 Å². The van der Waals surface area contributed by atoms with Crippen molar-refractivity contribution in [3.63, 3.8) is 0 Å². The van der Waals surface area contributed by atoms with Gasteiger partial charge in [0.1, 0.15) is 6.04 Å². The average Bonchev–Trinajstić information content (AvgIpc) is 3.29. The van der Waals surface area contributed by atoms with Crippen LogP contribution in [-0.4, -0.2) is 47.1 Å². The number of benzene rings is 3. The van der Waals surface area contributed by atoms with Crippen molar-refractivity contribution >= 4 is 45.5 Å². The third-order valence-corrected chi connectivity index (χ3v) is 9.19. The molecule has 3 atom stereocenters. The van der Waals surface area contributed by atoms with Crippen molar-refractivity contribution in [3.8, 4) is 0 Å². The molecule has 4 amide bonds. The van der Waals surface area contributed by atoms with Gasteiger partial charge in [0.2, 0.25) is 11.8 Å². The molecule has 3 aromatic rings. The van der Waals surface area contributed by atoms with Gasteiger partial charge in [0, 0.05) is 21.9 Å². The maximum atomic E-state index is 14.1. The van der Waals surface area contributed by atoms with E-state index in [2.05, 4.69) is 26.8 Å². The highest BCUT2D eigenvalue weighted by Crippen LogP contribution is 2.61. The molecule has 0 unspecified atom stereocenters.